The van der Waals surface area contributed by atoms with Crippen LogP contribution in [0.3, 0.4) is 0 Å². The summed E-state index contributed by atoms with van der Waals surface area (Å²) in [6.07, 6.45) is 0.322. The van der Waals surface area contributed by atoms with Crippen LogP contribution in [0.5, 0.6) is 0 Å². The summed E-state index contributed by atoms with van der Waals surface area (Å²) in [5.41, 5.74) is 0.611. The molecule has 9 fully saturated rings. The minimum Gasteiger partial charge on any atom is -0.469 e. The van der Waals surface area contributed by atoms with Gasteiger partial charge in [0.15, 0.2) is 12.2 Å². The van der Waals surface area contributed by atoms with Gasteiger partial charge in [-0.1, -0.05) is 19.7 Å². The number of carbonyl (C=O) groups excluding carboxylic acids is 11. The van der Waals surface area contributed by atoms with Gasteiger partial charge in [0.25, 0.3) is 0 Å². The second-order valence-electron chi connectivity index (χ2n) is 19.3. The van der Waals surface area contributed by atoms with E-state index in [4.69, 9.17) is 56.8 Å². The Bertz CT molecular complexity index is 2280. The molecular weight excluding hydrogens is 969 g/mol. The third-order valence-corrected chi connectivity index (χ3v) is 14.8. The van der Waals surface area contributed by atoms with Crippen LogP contribution in [-0.2, 0) is 110 Å². The topological polar surface area (TPSA) is 299 Å². The van der Waals surface area contributed by atoms with Gasteiger partial charge >= 0.3 is 65.7 Å². The summed E-state index contributed by atoms with van der Waals surface area (Å²) < 4.78 is 62.2. The summed E-state index contributed by atoms with van der Waals surface area (Å²) in [4.78, 5) is 129. The first kappa shape index (κ1) is 54.1. The average molecular weight is 1030 g/mol. The van der Waals surface area contributed by atoms with Gasteiger partial charge in [-0.15, -0.1) is 0 Å². The Kier molecular flexibility index (Phi) is 17.1. The molecule has 0 aromatic heterocycles. The van der Waals surface area contributed by atoms with E-state index in [1.165, 1.54) is 14.2 Å². The predicted molar refractivity (Wildman–Crippen MR) is 238 cm³/mol. The van der Waals surface area contributed by atoms with Crippen molar-refractivity contribution in [1.29, 1.82) is 0 Å². The van der Waals surface area contributed by atoms with E-state index in [1.54, 1.807) is 13.8 Å². The van der Waals surface area contributed by atoms with E-state index < -0.39 is 120 Å². The molecule has 5 saturated heterocycles. The molecule has 0 spiro atoms. The second-order valence-corrected chi connectivity index (χ2v) is 19.3. The summed E-state index contributed by atoms with van der Waals surface area (Å²) in [5, 5.41) is 0. The zero-order valence-electron chi connectivity index (χ0n) is 40.9. The number of methoxy groups -OCH3 is 2. The molecule has 0 aromatic carbocycles. The maximum absolute atomic E-state index is 12.1. The standard InChI is InChI=1S/C18H22O8.C17H20O8.C15H18O7/c1-8(2)16(20)24-6-4-5-11(19)25-14-9-7-10-13(12(9)17(21)23-3)18(22)26-15(10)14;1-3-10(18)23-6-4-5-11(19)24-14-8-7-9-13(12(8)16(20)22-2)17(21)25-15(9)14;1-7(2)14(17)19-5-3-4-10(16)21-12-9-6-8-11(20-9)13(12)22-15(8)18/h9-10,12-15H,1,4-7H2,2-3H3;3,8-9,12-15H,1,4-7H2,2H3;8-9,11-13H,1,3-6H2,2H3. The number of rotatable bonds is 20. The first-order chi connectivity index (χ1) is 34.8. The molecule has 0 radical (unpaired) electrons. The van der Waals surface area contributed by atoms with Crippen LogP contribution in [0.25, 0.3) is 0 Å². The molecule has 0 aromatic rings. The molecule has 23 nitrogen and oxygen atoms in total. The van der Waals surface area contributed by atoms with Crippen molar-refractivity contribution >= 4 is 65.7 Å². The molecule has 0 amide bonds. The number of hydrogen-bond donors (Lipinski definition) is 0. The van der Waals surface area contributed by atoms with Crippen molar-refractivity contribution in [3.63, 3.8) is 0 Å². The van der Waals surface area contributed by atoms with Gasteiger partial charge in [-0.25, -0.2) is 14.4 Å². The SMILES string of the molecule is C=C(C)C(=O)OCCCC(=O)OC1C2CC3C(=O)OC1C3O2.C=C(C)C(=O)OCCCC(=O)OC1C2CC3C1OC(=O)C3C2C(=O)OC.C=CC(=O)OCCCC(=O)OC1C2CC3C1OC(=O)C3C2C(=O)OC. The molecule has 23 heteroatoms. The van der Waals surface area contributed by atoms with E-state index in [0.717, 1.165) is 6.08 Å². The summed E-state index contributed by atoms with van der Waals surface area (Å²) in [6, 6.07) is 0. The molecule has 4 saturated carbocycles. The molecule has 17 unspecified atom stereocenters. The van der Waals surface area contributed by atoms with Gasteiger partial charge in [0.05, 0.1) is 69.7 Å². The van der Waals surface area contributed by atoms with Gasteiger partial charge in [0, 0.05) is 60.2 Å². The zero-order chi connectivity index (χ0) is 53.0. The summed E-state index contributed by atoms with van der Waals surface area (Å²) in [7, 11) is 2.55. The summed E-state index contributed by atoms with van der Waals surface area (Å²) in [6.45, 7) is 13.6. The van der Waals surface area contributed by atoms with Gasteiger partial charge in [-0.05, 0) is 52.4 Å². The number of hydrogen-bond acceptors (Lipinski definition) is 23. The quantitative estimate of drug-likeness (QED) is 0.0725. The lowest BCUT2D eigenvalue weighted by atomic mass is 9.78. The van der Waals surface area contributed by atoms with Crippen molar-refractivity contribution < 1.29 is 110 Å². The van der Waals surface area contributed by atoms with Gasteiger partial charge in [0.2, 0.25) is 0 Å². The van der Waals surface area contributed by atoms with Crippen LogP contribution in [0.2, 0.25) is 0 Å². The first-order valence-electron chi connectivity index (χ1n) is 24.2. The van der Waals surface area contributed by atoms with Crippen molar-refractivity contribution in [3.8, 4) is 0 Å². The number of ether oxygens (including phenoxy) is 12. The molecule has 73 heavy (non-hydrogen) atoms. The fraction of sp³-hybridized carbons (Fsp3) is 0.660. The van der Waals surface area contributed by atoms with E-state index >= 15 is 0 Å². The predicted octanol–water partition coefficient (Wildman–Crippen LogP) is 1.68. The average Bonchev–Trinajstić information content (AvgIpc) is 4.26. The number of esters is 11. The van der Waals surface area contributed by atoms with E-state index in [0.29, 0.717) is 49.7 Å². The van der Waals surface area contributed by atoms with E-state index in [-0.39, 0.29) is 86.8 Å². The maximum Gasteiger partial charge on any atom is 0.333 e. The van der Waals surface area contributed by atoms with Crippen molar-refractivity contribution in [1.82, 2.24) is 0 Å². The second kappa shape index (κ2) is 23.1. The van der Waals surface area contributed by atoms with E-state index in [9.17, 15) is 52.7 Å². The Morgan fingerprint density at radius 2 is 0.959 bits per heavy atom. The highest BCUT2D eigenvalue weighted by atomic mass is 16.7. The third-order valence-electron chi connectivity index (χ3n) is 14.8. The Labute approximate surface area is 419 Å². The van der Waals surface area contributed by atoms with Crippen molar-refractivity contribution in [2.24, 2.45) is 53.3 Å². The molecule has 5 heterocycles. The van der Waals surface area contributed by atoms with Gasteiger partial charge < -0.3 is 56.8 Å². The Hall–Kier alpha value is -6.65. The number of fused-ring (bicyclic) bond motifs is 3. The van der Waals surface area contributed by atoms with Crippen molar-refractivity contribution in [2.45, 2.75) is 120 Å². The van der Waals surface area contributed by atoms with Crippen molar-refractivity contribution in [3.05, 3.63) is 37.0 Å². The molecule has 17 atom stereocenters. The Morgan fingerprint density at radius 1 is 0.548 bits per heavy atom. The van der Waals surface area contributed by atoms with E-state index in [1.807, 2.05) is 0 Å². The van der Waals surface area contributed by atoms with Crippen LogP contribution >= 0.6 is 0 Å². The third kappa shape index (κ3) is 11.3. The molecule has 0 N–H and O–H groups in total. The summed E-state index contributed by atoms with van der Waals surface area (Å²) in [5.74, 6) is -8.07. The minimum atomic E-state index is -0.628. The molecule has 6 bridgehead atoms. The van der Waals surface area contributed by atoms with Crippen LogP contribution in [0.15, 0.2) is 37.0 Å². The molecule has 9 aliphatic rings. The molecule has 9 rings (SSSR count). The lowest BCUT2D eigenvalue weighted by molar-refractivity contribution is -0.165. The van der Waals surface area contributed by atoms with Gasteiger partial charge in [0.1, 0.15) is 30.5 Å². The lowest BCUT2D eigenvalue weighted by Crippen LogP contribution is -2.43. The highest BCUT2D eigenvalue weighted by Crippen LogP contribution is 2.60. The smallest absolute Gasteiger partial charge is 0.333 e. The van der Waals surface area contributed by atoms with Crippen LogP contribution in [0.4, 0.5) is 0 Å². The van der Waals surface area contributed by atoms with Crippen LogP contribution in [0.1, 0.15) is 71.6 Å². The minimum absolute atomic E-state index is 0.0599. The van der Waals surface area contributed by atoms with Gasteiger partial charge in [-0.2, -0.15) is 0 Å². The lowest BCUT2D eigenvalue weighted by Gasteiger charge is -2.29. The Balaban J connectivity index is 0.000000161. The van der Waals surface area contributed by atoms with Crippen LogP contribution < -0.4 is 0 Å². The monoisotopic (exact) mass is 1030 g/mol. The van der Waals surface area contributed by atoms with Crippen molar-refractivity contribution in [2.75, 3.05) is 34.0 Å². The molecular formula is C50H60O23. The van der Waals surface area contributed by atoms with E-state index in [2.05, 4.69) is 19.7 Å². The normalized spacial score (nSPS) is 34.1. The largest absolute Gasteiger partial charge is 0.469 e. The van der Waals surface area contributed by atoms with Crippen LogP contribution in [0, 0.1) is 53.3 Å². The Morgan fingerprint density at radius 3 is 1.37 bits per heavy atom. The molecule has 398 valence electrons. The molecule has 5 aliphatic heterocycles. The highest BCUT2D eigenvalue weighted by molar-refractivity contribution is 5.88. The molecule has 4 aliphatic carbocycles. The first-order valence-corrected chi connectivity index (χ1v) is 24.2. The summed E-state index contributed by atoms with van der Waals surface area (Å²) >= 11 is 0. The maximum atomic E-state index is 12.1. The van der Waals surface area contributed by atoms with Crippen LogP contribution in [-0.4, -0.2) is 149 Å². The van der Waals surface area contributed by atoms with Gasteiger partial charge in [-0.3, -0.25) is 38.4 Å². The fourth-order valence-corrected chi connectivity index (χ4v) is 11.7. The zero-order valence-corrected chi connectivity index (χ0v) is 40.9. The fourth-order valence-electron chi connectivity index (χ4n) is 11.7. The highest BCUT2D eigenvalue weighted by Gasteiger charge is 2.71. The number of carbonyl (C=O) groups is 11.